The minimum absolute atomic E-state index is 0.0298. The van der Waals surface area contributed by atoms with Crippen LogP contribution in [-0.4, -0.2) is 55.6 Å². The molecule has 0 aromatic heterocycles. The van der Waals surface area contributed by atoms with Crippen LogP contribution >= 0.6 is 0 Å². The summed E-state index contributed by atoms with van der Waals surface area (Å²) in [7, 11) is 1.32. The third-order valence-corrected chi connectivity index (χ3v) is 4.30. The average molecular weight is 341 g/mol. The summed E-state index contributed by atoms with van der Waals surface area (Å²) in [6.07, 6.45) is 1.87. The highest BCUT2D eigenvalue weighted by Gasteiger charge is 2.29. The third-order valence-electron chi connectivity index (χ3n) is 4.30. The molecule has 1 fully saturated rings. The van der Waals surface area contributed by atoms with Gasteiger partial charge in [0.2, 0.25) is 5.91 Å². The minimum Gasteiger partial charge on any atom is -0.467 e. The van der Waals surface area contributed by atoms with Crippen molar-refractivity contribution in [2.75, 3.05) is 26.7 Å². The van der Waals surface area contributed by atoms with Crippen LogP contribution in [0.3, 0.4) is 0 Å². The molecule has 2 atom stereocenters. The third kappa shape index (κ3) is 6.02. The molecule has 0 saturated carbocycles. The SMILES string of the molecule is COC(=O)[C@H](NC(=O)N1CCC[C@@H](CNC(=O)C(C)C)C1)C(C)C. The van der Waals surface area contributed by atoms with Crippen LogP contribution in [-0.2, 0) is 14.3 Å². The van der Waals surface area contributed by atoms with Gasteiger partial charge in [0, 0.05) is 25.6 Å². The van der Waals surface area contributed by atoms with Crippen LogP contribution in [0, 0.1) is 17.8 Å². The van der Waals surface area contributed by atoms with Gasteiger partial charge in [-0.25, -0.2) is 9.59 Å². The molecular formula is C17H31N3O4. The van der Waals surface area contributed by atoms with Crippen molar-refractivity contribution in [3.63, 3.8) is 0 Å². The van der Waals surface area contributed by atoms with Gasteiger partial charge in [-0.2, -0.15) is 0 Å². The number of likely N-dealkylation sites (tertiary alicyclic amines) is 1. The maximum absolute atomic E-state index is 12.4. The quantitative estimate of drug-likeness (QED) is 0.715. The Morgan fingerprint density at radius 2 is 1.88 bits per heavy atom. The highest BCUT2D eigenvalue weighted by Crippen LogP contribution is 2.16. The zero-order valence-corrected chi connectivity index (χ0v) is 15.4. The van der Waals surface area contributed by atoms with Gasteiger partial charge in [-0.3, -0.25) is 4.79 Å². The fourth-order valence-electron chi connectivity index (χ4n) is 2.71. The predicted octanol–water partition coefficient (Wildman–Crippen LogP) is 1.38. The molecule has 0 spiro atoms. The largest absolute Gasteiger partial charge is 0.467 e. The van der Waals surface area contributed by atoms with Crippen LogP contribution in [0.25, 0.3) is 0 Å². The van der Waals surface area contributed by atoms with E-state index in [0.717, 1.165) is 12.8 Å². The van der Waals surface area contributed by atoms with E-state index in [2.05, 4.69) is 10.6 Å². The second-order valence-corrected chi connectivity index (χ2v) is 7.05. The molecule has 138 valence electrons. The number of rotatable bonds is 6. The zero-order valence-electron chi connectivity index (χ0n) is 15.4. The minimum atomic E-state index is -0.650. The smallest absolute Gasteiger partial charge is 0.328 e. The van der Waals surface area contributed by atoms with E-state index in [4.69, 9.17) is 4.74 Å². The van der Waals surface area contributed by atoms with Gasteiger partial charge < -0.3 is 20.3 Å². The summed E-state index contributed by atoms with van der Waals surface area (Å²) in [5.41, 5.74) is 0. The molecule has 0 aromatic rings. The molecule has 0 aliphatic carbocycles. The van der Waals surface area contributed by atoms with Crippen LogP contribution in [0.1, 0.15) is 40.5 Å². The number of nitrogens with one attached hydrogen (secondary N) is 2. The molecule has 1 aliphatic heterocycles. The van der Waals surface area contributed by atoms with Crippen molar-refractivity contribution in [1.82, 2.24) is 15.5 Å². The van der Waals surface area contributed by atoms with Crippen molar-refractivity contribution in [2.45, 2.75) is 46.6 Å². The first-order valence-corrected chi connectivity index (χ1v) is 8.67. The predicted molar refractivity (Wildman–Crippen MR) is 91.3 cm³/mol. The number of ether oxygens (including phenoxy) is 1. The number of hydrogen-bond acceptors (Lipinski definition) is 4. The fraction of sp³-hybridized carbons (Fsp3) is 0.824. The highest BCUT2D eigenvalue weighted by molar-refractivity contribution is 5.83. The summed E-state index contributed by atoms with van der Waals surface area (Å²) in [5, 5.41) is 5.69. The van der Waals surface area contributed by atoms with Crippen molar-refractivity contribution in [3.8, 4) is 0 Å². The van der Waals surface area contributed by atoms with Gasteiger partial charge in [0.15, 0.2) is 0 Å². The molecule has 7 heteroatoms. The first-order chi connectivity index (χ1) is 11.3. The van der Waals surface area contributed by atoms with E-state index >= 15 is 0 Å². The maximum atomic E-state index is 12.4. The fourth-order valence-corrected chi connectivity index (χ4v) is 2.71. The van der Waals surface area contributed by atoms with E-state index in [1.54, 1.807) is 4.90 Å². The summed E-state index contributed by atoms with van der Waals surface area (Å²) >= 11 is 0. The molecule has 0 radical (unpaired) electrons. The second-order valence-electron chi connectivity index (χ2n) is 7.05. The van der Waals surface area contributed by atoms with Gasteiger partial charge in [0.05, 0.1) is 7.11 Å². The normalized spacial score (nSPS) is 19.1. The molecule has 0 aromatic carbocycles. The van der Waals surface area contributed by atoms with E-state index in [1.165, 1.54) is 7.11 Å². The van der Waals surface area contributed by atoms with E-state index in [0.29, 0.717) is 19.6 Å². The Hall–Kier alpha value is -1.79. The lowest BCUT2D eigenvalue weighted by atomic mass is 9.98. The van der Waals surface area contributed by atoms with Gasteiger partial charge in [0.25, 0.3) is 0 Å². The molecule has 24 heavy (non-hydrogen) atoms. The standard InChI is InChI=1S/C17H31N3O4/c1-11(2)14(16(22)24-5)19-17(23)20-8-6-7-13(10-20)9-18-15(21)12(3)4/h11-14H,6-10H2,1-5H3,(H,18,21)(H,19,23)/t13-,14+/m0/s1. The van der Waals surface area contributed by atoms with Gasteiger partial charge in [-0.1, -0.05) is 27.7 Å². The lowest BCUT2D eigenvalue weighted by molar-refractivity contribution is -0.144. The molecule has 1 heterocycles. The van der Waals surface area contributed by atoms with Crippen molar-refractivity contribution in [2.24, 2.45) is 17.8 Å². The van der Waals surface area contributed by atoms with Crippen LogP contribution in [0.4, 0.5) is 4.79 Å². The van der Waals surface area contributed by atoms with Crippen molar-refractivity contribution >= 4 is 17.9 Å². The van der Waals surface area contributed by atoms with Crippen molar-refractivity contribution in [3.05, 3.63) is 0 Å². The van der Waals surface area contributed by atoms with E-state index < -0.39 is 12.0 Å². The molecule has 0 bridgehead atoms. The number of carbonyl (C=O) groups is 3. The van der Waals surface area contributed by atoms with E-state index in [-0.39, 0.29) is 29.7 Å². The molecule has 1 aliphatic rings. The molecule has 1 saturated heterocycles. The van der Waals surface area contributed by atoms with Crippen molar-refractivity contribution < 1.29 is 19.1 Å². The van der Waals surface area contributed by atoms with Gasteiger partial charge in [0.1, 0.15) is 6.04 Å². The summed E-state index contributed by atoms with van der Waals surface area (Å²) in [6, 6.07) is -0.900. The van der Waals surface area contributed by atoms with Gasteiger partial charge >= 0.3 is 12.0 Å². The summed E-state index contributed by atoms with van der Waals surface area (Å²) < 4.78 is 4.75. The summed E-state index contributed by atoms with van der Waals surface area (Å²) in [5.74, 6) is -0.256. The zero-order chi connectivity index (χ0) is 18.3. The molecule has 1 rings (SSSR count). The first-order valence-electron chi connectivity index (χ1n) is 8.67. The Morgan fingerprint density at radius 3 is 2.42 bits per heavy atom. The number of nitrogens with zero attached hydrogens (tertiary/aromatic N) is 1. The van der Waals surface area contributed by atoms with Crippen LogP contribution in [0.2, 0.25) is 0 Å². The topological polar surface area (TPSA) is 87.7 Å². The van der Waals surface area contributed by atoms with Crippen molar-refractivity contribution in [1.29, 1.82) is 0 Å². The molecule has 2 N–H and O–H groups in total. The van der Waals surface area contributed by atoms with E-state index in [9.17, 15) is 14.4 Å². The molecule has 0 unspecified atom stereocenters. The van der Waals surface area contributed by atoms with Gasteiger partial charge in [-0.05, 0) is 24.7 Å². The number of hydrogen-bond donors (Lipinski definition) is 2. The van der Waals surface area contributed by atoms with Crippen LogP contribution in [0.15, 0.2) is 0 Å². The molecule has 3 amide bonds. The first kappa shape index (κ1) is 20.3. The van der Waals surface area contributed by atoms with Crippen LogP contribution in [0.5, 0.6) is 0 Å². The van der Waals surface area contributed by atoms with Crippen LogP contribution < -0.4 is 10.6 Å². The Bertz CT molecular complexity index is 451. The average Bonchev–Trinajstić information content (AvgIpc) is 2.56. The van der Waals surface area contributed by atoms with E-state index in [1.807, 2.05) is 27.7 Å². The maximum Gasteiger partial charge on any atom is 0.328 e. The number of carbonyl (C=O) groups excluding carboxylic acids is 3. The number of urea groups is 1. The second kappa shape index (κ2) is 9.49. The lowest BCUT2D eigenvalue weighted by Gasteiger charge is -2.34. The lowest BCUT2D eigenvalue weighted by Crippen LogP contribution is -2.53. The number of amides is 3. The molecular weight excluding hydrogens is 310 g/mol. The summed E-state index contributed by atoms with van der Waals surface area (Å²) in [4.78, 5) is 37.6. The number of methoxy groups -OCH3 is 1. The number of piperidine rings is 1. The highest BCUT2D eigenvalue weighted by atomic mass is 16.5. The monoisotopic (exact) mass is 341 g/mol. The summed E-state index contributed by atoms with van der Waals surface area (Å²) in [6.45, 7) is 9.25. The Kier molecular flexibility index (Phi) is 8.01. The Morgan fingerprint density at radius 1 is 1.21 bits per heavy atom. The Balaban J connectivity index is 2.55. The van der Waals surface area contributed by atoms with Gasteiger partial charge in [-0.15, -0.1) is 0 Å². The Labute approximate surface area is 144 Å². The number of esters is 1. The molecule has 7 nitrogen and oxygen atoms in total.